The molecular formula is C15H18N2OS2. The third kappa shape index (κ3) is 5.06. The summed E-state index contributed by atoms with van der Waals surface area (Å²) in [5.41, 5.74) is 3.68. The minimum absolute atomic E-state index is 0.0134. The molecule has 20 heavy (non-hydrogen) atoms. The summed E-state index contributed by atoms with van der Waals surface area (Å²) in [5, 5.41) is 3.93. The zero-order chi connectivity index (χ0) is 14.3. The van der Waals surface area contributed by atoms with Crippen LogP contribution in [0.2, 0.25) is 0 Å². The minimum atomic E-state index is -0.0289. The zero-order valence-electron chi connectivity index (χ0n) is 11.4. The van der Waals surface area contributed by atoms with E-state index in [9.17, 15) is 4.79 Å². The Bertz CT molecular complexity index is 494. The molecule has 1 N–H and O–H groups in total. The number of thioether (sulfide) groups is 2. The van der Waals surface area contributed by atoms with E-state index in [1.165, 1.54) is 0 Å². The van der Waals surface area contributed by atoms with Crippen LogP contribution >= 0.6 is 23.5 Å². The van der Waals surface area contributed by atoms with E-state index in [2.05, 4.69) is 17.5 Å². The summed E-state index contributed by atoms with van der Waals surface area (Å²) in [6.45, 7) is 2.12. The molecule has 1 aliphatic rings. The van der Waals surface area contributed by atoms with Gasteiger partial charge in [-0.3, -0.25) is 4.79 Å². The maximum atomic E-state index is 11.8. The molecule has 3 nitrogen and oxygen atoms in total. The Hall–Kier alpha value is -1.20. The number of carbonyl (C=O) groups excluding carboxylic acids is 1. The lowest BCUT2D eigenvalue weighted by molar-refractivity contribution is -0.121. The van der Waals surface area contributed by atoms with E-state index in [1.54, 1.807) is 6.21 Å². The number of hydrogen-bond donors (Lipinski definition) is 1. The van der Waals surface area contributed by atoms with Crippen molar-refractivity contribution < 1.29 is 4.79 Å². The van der Waals surface area contributed by atoms with Gasteiger partial charge in [-0.2, -0.15) is 5.10 Å². The first-order valence-corrected chi connectivity index (χ1v) is 8.47. The SMILES string of the molecule is CC1(CC(=O)NN=CC=Cc2ccccc2)SCCS1. The fourth-order valence-corrected chi connectivity index (χ4v) is 4.69. The lowest BCUT2D eigenvalue weighted by Crippen LogP contribution is -2.26. The normalized spacial score (nSPS) is 17.9. The highest BCUT2D eigenvalue weighted by atomic mass is 32.2. The molecule has 0 spiro atoms. The Morgan fingerprint density at radius 2 is 2.05 bits per heavy atom. The van der Waals surface area contributed by atoms with E-state index >= 15 is 0 Å². The van der Waals surface area contributed by atoms with Gasteiger partial charge in [0.15, 0.2) is 0 Å². The third-order valence-electron chi connectivity index (χ3n) is 2.82. The van der Waals surface area contributed by atoms with Gasteiger partial charge >= 0.3 is 0 Å². The molecule has 0 atom stereocenters. The van der Waals surface area contributed by atoms with Crippen LogP contribution < -0.4 is 5.43 Å². The molecule has 106 valence electrons. The molecule has 0 saturated carbocycles. The van der Waals surface area contributed by atoms with Crippen LogP contribution in [0.5, 0.6) is 0 Å². The van der Waals surface area contributed by atoms with Crippen LogP contribution in [0.25, 0.3) is 6.08 Å². The van der Waals surface area contributed by atoms with E-state index in [0.29, 0.717) is 6.42 Å². The first-order chi connectivity index (χ1) is 9.68. The van der Waals surface area contributed by atoms with Gasteiger partial charge in [-0.15, -0.1) is 23.5 Å². The van der Waals surface area contributed by atoms with Crippen LogP contribution in [0.15, 0.2) is 41.5 Å². The number of amides is 1. The maximum absolute atomic E-state index is 11.8. The number of nitrogens with zero attached hydrogens (tertiary/aromatic N) is 1. The van der Waals surface area contributed by atoms with E-state index in [0.717, 1.165) is 17.1 Å². The molecule has 1 saturated heterocycles. The Morgan fingerprint density at radius 3 is 2.75 bits per heavy atom. The fraction of sp³-hybridized carbons (Fsp3) is 0.333. The van der Waals surface area contributed by atoms with E-state index in [4.69, 9.17) is 0 Å². The Labute approximate surface area is 128 Å². The maximum Gasteiger partial charge on any atom is 0.242 e. The highest BCUT2D eigenvalue weighted by molar-refractivity contribution is 8.21. The molecule has 2 rings (SSSR count). The number of allylic oxidation sites excluding steroid dienone is 1. The van der Waals surface area contributed by atoms with Crippen LogP contribution in [0.4, 0.5) is 0 Å². The fourth-order valence-electron chi connectivity index (χ4n) is 1.86. The Morgan fingerprint density at radius 1 is 1.35 bits per heavy atom. The third-order valence-corrected chi connectivity index (χ3v) is 6.11. The van der Waals surface area contributed by atoms with Gasteiger partial charge in [-0.1, -0.05) is 36.4 Å². The van der Waals surface area contributed by atoms with Crippen molar-refractivity contribution in [2.75, 3.05) is 11.5 Å². The molecule has 1 amide bonds. The number of nitrogens with one attached hydrogen (secondary N) is 1. The number of hydrogen-bond acceptors (Lipinski definition) is 4. The highest BCUT2D eigenvalue weighted by Crippen LogP contribution is 2.45. The second-order valence-corrected chi connectivity index (χ2v) is 8.04. The average molecular weight is 306 g/mol. The molecule has 1 aromatic carbocycles. The van der Waals surface area contributed by atoms with Crippen molar-refractivity contribution in [2.24, 2.45) is 5.10 Å². The van der Waals surface area contributed by atoms with E-state index in [-0.39, 0.29) is 9.99 Å². The lowest BCUT2D eigenvalue weighted by atomic mass is 10.2. The molecule has 1 aliphatic heterocycles. The molecule has 5 heteroatoms. The summed E-state index contributed by atoms with van der Waals surface area (Å²) >= 11 is 3.70. The standard InChI is InChI=1S/C15H18N2OS2/c1-15(19-10-11-20-15)12-14(18)17-16-9-5-8-13-6-3-2-4-7-13/h2-9H,10-12H2,1H3,(H,17,18). The summed E-state index contributed by atoms with van der Waals surface area (Å²) in [7, 11) is 0. The van der Waals surface area contributed by atoms with Gasteiger partial charge in [-0.25, -0.2) is 5.43 Å². The van der Waals surface area contributed by atoms with Gasteiger partial charge in [0.1, 0.15) is 0 Å². The van der Waals surface area contributed by atoms with Crippen LogP contribution in [0.3, 0.4) is 0 Å². The van der Waals surface area contributed by atoms with Gasteiger partial charge in [-0.05, 0) is 18.6 Å². The van der Waals surface area contributed by atoms with Crippen LogP contribution in [-0.2, 0) is 4.79 Å². The Balaban J connectivity index is 1.73. The molecule has 0 bridgehead atoms. The average Bonchev–Trinajstić information content (AvgIpc) is 2.86. The first kappa shape index (κ1) is 15.2. The van der Waals surface area contributed by atoms with E-state index in [1.807, 2.05) is 66.0 Å². The first-order valence-electron chi connectivity index (χ1n) is 6.49. The van der Waals surface area contributed by atoms with Gasteiger partial charge in [0.25, 0.3) is 0 Å². The molecule has 0 radical (unpaired) electrons. The smallest absolute Gasteiger partial charge is 0.242 e. The topological polar surface area (TPSA) is 41.5 Å². The Kier molecular flexibility index (Phi) is 5.73. The number of rotatable bonds is 5. The molecule has 0 aromatic heterocycles. The largest absolute Gasteiger partial charge is 0.273 e. The summed E-state index contributed by atoms with van der Waals surface area (Å²) in [6, 6.07) is 9.97. The quantitative estimate of drug-likeness (QED) is 0.670. The molecule has 1 heterocycles. The van der Waals surface area contributed by atoms with E-state index < -0.39 is 0 Å². The summed E-state index contributed by atoms with van der Waals surface area (Å²) < 4.78 is 0.0134. The van der Waals surface area contributed by atoms with Crippen LogP contribution in [0, 0.1) is 0 Å². The zero-order valence-corrected chi connectivity index (χ0v) is 13.0. The number of hydrazone groups is 1. The highest BCUT2D eigenvalue weighted by Gasteiger charge is 2.32. The van der Waals surface area contributed by atoms with Gasteiger partial charge in [0.2, 0.25) is 5.91 Å². The van der Waals surface area contributed by atoms with Crippen LogP contribution in [0.1, 0.15) is 18.9 Å². The van der Waals surface area contributed by atoms with Gasteiger partial charge < -0.3 is 0 Å². The summed E-state index contributed by atoms with van der Waals surface area (Å²) in [4.78, 5) is 11.8. The predicted octanol–water partition coefficient (Wildman–Crippen LogP) is 3.39. The molecular weight excluding hydrogens is 288 g/mol. The molecule has 1 aromatic rings. The number of benzene rings is 1. The van der Waals surface area contributed by atoms with Crippen molar-refractivity contribution in [3.05, 3.63) is 42.0 Å². The van der Waals surface area contributed by atoms with Crippen molar-refractivity contribution in [2.45, 2.75) is 17.4 Å². The molecule has 1 fully saturated rings. The lowest BCUT2D eigenvalue weighted by Gasteiger charge is -2.19. The van der Waals surface area contributed by atoms with Crippen molar-refractivity contribution >= 4 is 41.7 Å². The van der Waals surface area contributed by atoms with Crippen molar-refractivity contribution in [3.8, 4) is 0 Å². The monoisotopic (exact) mass is 306 g/mol. The number of carbonyl (C=O) groups is 1. The summed E-state index contributed by atoms with van der Waals surface area (Å²) in [5.74, 6) is 2.22. The second kappa shape index (κ2) is 7.55. The summed E-state index contributed by atoms with van der Waals surface area (Å²) in [6.07, 6.45) is 5.86. The molecule has 0 aliphatic carbocycles. The van der Waals surface area contributed by atoms with Crippen LogP contribution in [-0.4, -0.2) is 27.7 Å². The van der Waals surface area contributed by atoms with Gasteiger partial charge in [0, 0.05) is 17.7 Å². The minimum Gasteiger partial charge on any atom is -0.273 e. The van der Waals surface area contributed by atoms with Crippen molar-refractivity contribution in [1.82, 2.24) is 5.43 Å². The van der Waals surface area contributed by atoms with Crippen molar-refractivity contribution in [3.63, 3.8) is 0 Å². The second-order valence-electron chi connectivity index (χ2n) is 4.59. The van der Waals surface area contributed by atoms with Crippen molar-refractivity contribution in [1.29, 1.82) is 0 Å². The van der Waals surface area contributed by atoms with Gasteiger partial charge in [0.05, 0.1) is 10.5 Å². The molecule has 0 unspecified atom stereocenters. The predicted molar refractivity (Wildman–Crippen MR) is 90.0 cm³/mol.